The van der Waals surface area contributed by atoms with Crippen LogP contribution < -0.4 is 11.2 Å². The van der Waals surface area contributed by atoms with Crippen molar-refractivity contribution in [2.45, 2.75) is 18.3 Å². The van der Waals surface area contributed by atoms with Crippen molar-refractivity contribution in [1.82, 2.24) is 29.5 Å². The fourth-order valence-electron chi connectivity index (χ4n) is 3.46. The Morgan fingerprint density at radius 1 is 1.12 bits per heavy atom. The molecule has 0 bridgehead atoms. The van der Waals surface area contributed by atoms with Gasteiger partial charge < -0.3 is 4.98 Å². The van der Waals surface area contributed by atoms with Crippen molar-refractivity contribution in [2.75, 3.05) is 0 Å². The van der Waals surface area contributed by atoms with Crippen LogP contribution in [0.4, 0.5) is 0 Å². The molecule has 26 heavy (non-hydrogen) atoms. The molecule has 1 aliphatic rings. The molecule has 0 spiro atoms. The van der Waals surface area contributed by atoms with Gasteiger partial charge in [0.1, 0.15) is 0 Å². The molecule has 5 rings (SSSR count). The number of H-pyrrole nitrogens is 2. The Morgan fingerprint density at radius 2 is 1.96 bits per heavy atom. The molecule has 8 heteroatoms. The van der Waals surface area contributed by atoms with Crippen molar-refractivity contribution in [2.24, 2.45) is 0 Å². The molecule has 1 saturated carbocycles. The lowest BCUT2D eigenvalue weighted by atomic mass is 10.1. The molecule has 1 aliphatic carbocycles. The predicted molar refractivity (Wildman–Crippen MR) is 94.0 cm³/mol. The number of fused-ring (bicyclic) bond motifs is 1. The number of pyridine rings is 1. The van der Waals surface area contributed by atoms with E-state index in [1.165, 1.54) is 11.8 Å². The largest absolute Gasteiger partial charge is 0.325 e. The van der Waals surface area contributed by atoms with Crippen LogP contribution in [-0.4, -0.2) is 29.5 Å². The van der Waals surface area contributed by atoms with Crippen LogP contribution in [0, 0.1) is 0 Å². The monoisotopic (exact) mass is 346 g/mol. The zero-order valence-electron chi connectivity index (χ0n) is 13.6. The number of imidazole rings is 1. The molecule has 2 N–H and O–H groups in total. The highest BCUT2D eigenvalue weighted by Crippen LogP contribution is 2.55. The third-order valence-corrected chi connectivity index (χ3v) is 4.81. The molecule has 8 nitrogen and oxygen atoms in total. The highest BCUT2D eigenvalue weighted by Gasteiger charge is 2.41. The van der Waals surface area contributed by atoms with E-state index in [4.69, 9.17) is 0 Å². The zero-order chi connectivity index (χ0) is 17.7. The van der Waals surface area contributed by atoms with E-state index in [9.17, 15) is 9.59 Å². The van der Waals surface area contributed by atoms with Gasteiger partial charge in [0.15, 0.2) is 5.65 Å². The van der Waals surface area contributed by atoms with Crippen LogP contribution in [0.25, 0.3) is 16.9 Å². The van der Waals surface area contributed by atoms with Crippen LogP contribution in [0.1, 0.15) is 29.4 Å². The first-order valence-corrected chi connectivity index (χ1v) is 8.27. The normalized spacial score (nSPS) is 18.9. The lowest BCUT2D eigenvalue weighted by molar-refractivity contribution is 0.905. The average molecular weight is 346 g/mol. The summed E-state index contributed by atoms with van der Waals surface area (Å²) in [5.41, 5.74) is 2.90. The maximum atomic E-state index is 12.2. The van der Waals surface area contributed by atoms with E-state index in [2.05, 4.69) is 25.0 Å². The molecule has 128 valence electrons. The summed E-state index contributed by atoms with van der Waals surface area (Å²) in [4.78, 5) is 36.7. The first-order chi connectivity index (χ1) is 12.7. The summed E-state index contributed by atoms with van der Waals surface area (Å²) in [6.45, 7) is 0. The Balaban J connectivity index is 1.63. The third kappa shape index (κ3) is 2.34. The number of aromatic nitrogens is 6. The van der Waals surface area contributed by atoms with Gasteiger partial charge in [-0.1, -0.05) is 0 Å². The fraction of sp³-hybridized carbons (Fsp3) is 0.167. The minimum Gasteiger partial charge on any atom is -0.313 e. The summed E-state index contributed by atoms with van der Waals surface area (Å²) in [7, 11) is 0. The van der Waals surface area contributed by atoms with Gasteiger partial charge >= 0.3 is 5.69 Å². The highest BCUT2D eigenvalue weighted by molar-refractivity contribution is 5.63. The van der Waals surface area contributed by atoms with Gasteiger partial charge in [-0.15, -0.1) is 0 Å². The van der Waals surface area contributed by atoms with Crippen molar-refractivity contribution >= 4 is 5.65 Å². The van der Waals surface area contributed by atoms with Gasteiger partial charge in [0.05, 0.1) is 11.3 Å². The van der Waals surface area contributed by atoms with E-state index in [1.807, 2.05) is 18.2 Å². The summed E-state index contributed by atoms with van der Waals surface area (Å²) in [6.07, 6.45) is 9.45. The Morgan fingerprint density at radius 3 is 2.77 bits per heavy atom. The van der Waals surface area contributed by atoms with Gasteiger partial charge in [-0.05, 0) is 42.0 Å². The molecule has 4 heterocycles. The standard InChI is InChI=1S/C18H14N6O2/c25-17-14(9-21-18(26)22-17)15-8-13(16-20-5-6-24(16)23-15)12-7-11(12)10-1-3-19-4-2-10/h1-6,8-9,11-12H,7H2,(H2,21,22,25,26)/t11-,12+/m1/s1. The van der Waals surface area contributed by atoms with Crippen molar-refractivity contribution in [3.8, 4) is 11.3 Å². The van der Waals surface area contributed by atoms with Crippen LogP contribution in [0.3, 0.4) is 0 Å². The number of hydrogen-bond acceptors (Lipinski definition) is 5. The number of nitrogens with zero attached hydrogens (tertiary/aromatic N) is 4. The van der Waals surface area contributed by atoms with E-state index in [1.54, 1.807) is 29.3 Å². The zero-order valence-corrected chi connectivity index (χ0v) is 13.6. The number of hydrogen-bond donors (Lipinski definition) is 2. The van der Waals surface area contributed by atoms with Gasteiger partial charge in [0, 0.05) is 36.5 Å². The molecular formula is C18H14N6O2. The lowest BCUT2D eigenvalue weighted by Crippen LogP contribution is -2.23. The maximum absolute atomic E-state index is 12.2. The molecule has 0 saturated heterocycles. The Bertz CT molecular complexity index is 1220. The summed E-state index contributed by atoms with van der Waals surface area (Å²) < 4.78 is 1.68. The number of aromatic amines is 2. The van der Waals surface area contributed by atoms with Crippen LogP contribution in [0.15, 0.2) is 58.8 Å². The summed E-state index contributed by atoms with van der Waals surface area (Å²) >= 11 is 0. The highest BCUT2D eigenvalue weighted by atomic mass is 16.2. The average Bonchev–Trinajstić information content (AvgIpc) is 3.30. The summed E-state index contributed by atoms with van der Waals surface area (Å²) in [5, 5.41) is 4.47. The molecule has 0 radical (unpaired) electrons. The van der Waals surface area contributed by atoms with E-state index < -0.39 is 11.2 Å². The van der Waals surface area contributed by atoms with Crippen LogP contribution >= 0.6 is 0 Å². The number of nitrogens with one attached hydrogen (secondary N) is 2. The summed E-state index contributed by atoms with van der Waals surface area (Å²) in [5.74, 6) is 0.716. The van der Waals surface area contributed by atoms with Crippen molar-refractivity contribution in [1.29, 1.82) is 0 Å². The summed E-state index contributed by atoms with van der Waals surface area (Å²) in [6, 6.07) is 5.96. The minimum atomic E-state index is -0.539. The second-order valence-corrected chi connectivity index (χ2v) is 6.40. The van der Waals surface area contributed by atoms with E-state index in [-0.39, 0.29) is 0 Å². The predicted octanol–water partition coefficient (Wildman–Crippen LogP) is 1.44. The topological polar surface area (TPSA) is 109 Å². The quantitative estimate of drug-likeness (QED) is 0.583. The third-order valence-electron chi connectivity index (χ3n) is 4.81. The molecule has 2 atom stereocenters. The maximum Gasteiger partial charge on any atom is 0.325 e. The first kappa shape index (κ1) is 14.8. The molecule has 0 amide bonds. The van der Waals surface area contributed by atoms with Gasteiger partial charge in [-0.2, -0.15) is 5.10 Å². The van der Waals surface area contributed by atoms with Crippen LogP contribution in [-0.2, 0) is 0 Å². The van der Waals surface area contributed by atoms with Crippen LogP contribution in [0.2, 0.25) is 0 Å². The van der Waals surface area contributed by atoms with Gasteiger partial charge in [0.25, 0.3) is 5.56 Å². The molecule has 4 aromatic rings. The van der Waals surface area contributed by atoms with Gasteiger partial charge in [0.2, 0.25) is 0 Å². The Kier molecular flexibility index (Phi) is 3.11. The molecule has 0 aliphatic heterocycles. The van der Waals surface area contributed by atoms with Gasteiger partial charge in [-0.3, -0.25) is 14.8 Å². The molecule has 0 unspecified atom stereocenters. The van der Waals surface area contributed by atoms with Crippen LogP contribution in [0.5, 0.6) is 0 Å². The van der Waals surface area contributed by atoms with Gasteiger partial charge in [-0.25, -0.2) is 14.3 Å². The SMILES string of the molecule is O=c1[nH]cc(-c2cc([C@H]3C[C@@H]3c3ccncc3)c3nccn3n2)c(=O)[nH]1. The fourth-order valence-corrected chi connectivity index (χ4v) is 3.46. The van der Waals surface area contributed by atoms with Crippen molar-refractivity contribution in [3.05, 3.63) is 81.1 Å². The van der Waals surface area contributed by atoms with Crippen molar-refractivity contribution < 1.29 is 0 Å². The second kappa shape index (κ2) is 5.48. The minimum absolute atomic E-state index is 0.311. The first-order valence-electron chi connectivity index (χ1n) is 8.27. The van der Waals surface area contributed by atoms with Crippen molar-refractivity contribution in [3.63, 3.8) is 0 Å². The Hall–Kier alpha value is -3.55. The van der Waals surface area contributed by atoms with E-state index in [0.29, 0.717) is 23.1 Å². The van der Waals surface area contributed by atoms with E-state index in [0.717, 1.165) is 17.6 Å². The molecular weight excluding hydrogens is 332 g/mol. The Labute approximate surface area is 146 Å². The number of rotatable bonds is 3. The molecule has 1 fully saturated rings. The lowest BCUT2D eigenvalue weighted by Gasteiger charge is -2.07. The molecule has 0 aromatic carbocycles. The molecule has 4 aromatic heterocycles. The van der Waals surface area contributed by atoms with E-state index >= 15 is 0 Å². The second-order valence-electron chi connectivity index (χ2n) is 6.40. The smallest absolute Gasteiger partial charge is 0.313 e.